The summed E-state index contributed by atoms with van der Waals surface area (Å²) in [6.07, 6.45) is 3.25. The number of fused-ring (bicyclic) bond motifs is 1. The van der Waals surface area contributed by atoms with E-state index in [2.05, 4.69) is 5.32 Å². The third kappa shape index (κ3) is 3.97. The summed E-state index contributed by atoms with van der Waals surface area (Å²) in [6.45, 7) is 1.96. The molecule has 9 heteroatoms. The van der Waals surface area contributed by atoms with Gasteiger partial charge in [-0.1, -0.05) is 0 Å². The number of carbonyl (C=O) groups is 3. The quantitative estimate of drug-likeness (QED) is 0.698. The van der Waals surface area contributed by atoms with Gasteiger partial charge in [-0.25, -0.2) is 8.78 Å². The van der Waals surface area contributed by atoms with Crippen molar-refractivity contribution >= 4 is 29.1 Å². The summed E-state index contributed by atoms with van der Waals surface area (Å²) >= 11 is 0. The molecule has 172 valence electrons. The molecular weight excluding hydrogens is 432 g/mol. The van der Waals surface area contributed by atoms with Gasteiger partial charge in [0.25, 0.3) is 17.7 Å². The maximum atomic E-state index is 14.6. The second-order valence-electron chi connectivity index (χ2n) is 8.55. The molecule has 3 aliphatic heterocycles. The minimum Gasteiger partial charge on any atom is -0.376 e. The van der Waals surface area contributed by atoms with Crippen LogP contribution in [0.25, 0.3) is 0 Å². The third-order valence-corrected chi connectivity index (χ3v) is 6.34. The van der Waals surface area contributed by atoms with Crippen LogP contribution in [-0.2, 0) is 4.74 Å². The van der Waals surface area contributed by atoms with E-state index in [1.54, 1.807) is 4.90 Å². The topological polar surface area (TPSA) is 79.0 Å². The van der Waals surface area contributed by atoms with Gasteiger partial charge in [-0.2, -0.15) is 0 Å². The largest absolute Gasteiger partial charge is 0.376 e. The van der Waals surface area contributed by atoms with E-state index >= 15 is 0 Å². The number of carbonyl (C=O) groups excluding carboxylic acids is 3. The Balaban J connectivity index is 1.33. The fraction of sp³-hybridized carbons (Fsp3) is 0.375. The van der Waals surface area contributed by atoms with Crippen molar-refractivity contribution in [3.63, 3.8) is 0 Å². The van der Waals surface area contributed by atoms with Gasteiger partial charge in [-0.05, 0) is 56.0 Å². The lowest BCUT2D eigenvalue weighted by molar-refractivity contribution is 0.0475. The highest BCUT2D eigenvalue weighted by molar-refractivity contribution is 6.22. The monoisotopic (exact) mass is 455 g/mol. The third-order valence-electron chi connectivity index (χ3n) is 6.34. The van der Waals surface area contributed by atoms with Crippen molar-refractivity contribution in [3.8, 4) is 0 Å². The maximum absolute atomic E-state index is 14.6. The van der Waals surface area contributed by atoms with Gasteiger partial charge in [0.2, 0.25) is 0 Å². The number of amides is 3. The van der Waals surface area contributed by atoms with E-state index in [0.717, 1.165) is 42.7 Å². The Morgan fingerprint density at radius 1 is 1.00 bits per heavy atom. The normalized spacial score (nSPS) is 20.0. The van der Waals surface area contributed by atoms with Gasteiger partial charge < -0.3 is 15.0 Å². The number of halogens is 2. The standard InChI is InChI=1S/C24H23F2N3O4/c25-19-11-15(12-20(26)21(19)28-7-1-2-8-28)27-22(30)14-5-6-17-18(10-14)24(32)29(23(17)31)13-16-4-3-9-33-16/h5-6,10-12,16H,1-4,7-9,13H2,(H,27,30). The average molecular weight is 455 g/mol. The summed E-state index contributed by atoms with van der Waals surface area (Å²) in [6, 6.07) is 6.35. The molecular formula is C24H23F2N3O4. The minimum absolute atomic E-state index is 0.0270. The maximum Gasteiger partial charge on any atom is 0.261 e. The van der Waals surface area contributed by atoms with E-state index in [1.807, 2.05) is 0 Å². The van der Waals surface area contributed by atoms with Gasteiger partial charge in [-0.3, -0.25) is 19.3 Å². The smallest absolute Gasteiger partial charge is 0.261 e. The van der Waals surface area contributed by atoms with Crippen LogP contribution in [0.2, 0.25) is 0 Å². The molecule has 7 nitrogen and oxygen atoms in total. The number of nitrogens with one attached hydrogen (secondary N) is 1. The van der Waals surface area contributed by atoms with Gasteiger partial charge in [0.05, 0.1) is 23.8 Å². The van der Waals surface area contributed by atoms with E-state index in [1.165, 1.54) is 18.2 Å². The molecule has 1 N–H and O–H groups in total. The molecule has 0 aromatic heterocycles. The van der Waals surface area contributed by atoms with Crippen molar-refractivity contribution in [1.29, 1.82) is 0 Å². The first-order chi connectivity index (χ1) is 15.9. The van der Waals surface area contributed by atoms with Crippen LogP contribution in [0.5, 0.6) is 0 Å². The molecule has 0 bridgehead atoms. The van der Waals surface area contributed by atoms with Gasteiger partial charge in [0.15, 0.2) is 11.6 Å². The van der Waals surface area contributed by atoms with Crippen LogP contribution in [0.15, 0.2) is 30.3 Å². The first-order valence-corrected chi connectivity index (χ1v) is 11.1. The number of imide groups is 1. The van der Waals surface area contributed by atoms with Crippen molar-refractivity contribution in [2.24, 2.45) is 0 Å². The molecule has 3 heterocycles. The highest BCUT2D eigenvalue weighted by atomic mass is 19.1. The molecule has 2 aromatic carbocycles. The number of rotatable bonds is 5. The summed E-state index contributed by atoms with van der Waals surface area (Å²) in [5, 5.41) is 2.48. The van der Waals surface area contributed by atoms with Crippen LogP contribution in [-0.4, -0.2) is 55.0 Å². The minimum atomic E-state index is -0.744. The number of hydrogen-bond donors (Lipinski definition) is 1. The molecule has 33 heavy (non-hydrogen) atoms. The van der Waals surface area contributed by atoms with E-state index in [9.17, 15) is 23.2 Å². The summed E-state index contributed by atoms with van der Waals surface area (Å²) < 4.78 is 34.7. The fourth-order valence-corrected chi connectivity index (χ4v) is 4.67. The fourth-order valence-electron chi connectivity index (χ4n) is 4.67. The summed E-state index contributed by atoms with van der Waals surface area (Å²) in [5.74, 6) is -3.02. The van der Waals surface area contributed by atoms with Crippen LogP contribution < -0.4 is 10.2 Å². The Hall–Kier alpha value is -3.33. The van der Waals surface area contributed by atoms with Crippen LogP contribution in [0.3, 0.4) is 0 Å². The van der Waals surface area contributed by atoms with E-state index in [-0.39, 0.29) is 40.7 Å². The molecule has 3 aliphatic rings. The zero-order valence-corrected chi connectivity index (χ0v) is 17.9. The molecule has 0 spiro atoms. The van der Waals surface area contributed by atoms with Gasteiger partial charge in [0, 0.05) is 30.9 Å². The Morgan fingerprint density at radius 3 is 2.36 bits per heavy atom. The van der Waals surface area contributed by atoms with Crippen molar-refractivity contribution < 1.29 is 27.9 Å². The van der Waals surface area contributed by atoms with Crippen molar-refractivity contribution in [3.05, 3.63) is 58.7 Å². The Kier molecular flexibility index (Phi) is 5.57. The molecule has 2 fully saturated rings. The zero-order valence-electron chi connectivity index (χ0n) is 17.9. The summed E-state index contributed by atoms with van der Waals surface area (Å²) in [4.78, 5) is 41.0. The molecule has 0 radical (unpaired) electrons. The van der Waals surface area contributed by atoms with Crippen molar-refractivity contribution in [1.82, 2.24) is 4.90 Å². The van der Waals surface area contributed by atoms with Crippen molar-refractivity contribution in [2.75, 3.05) is 36.5 Å². The highest BCUT2D eigenvalue weighted by Gasteiger charge is 2.38. The number of benzene rings is 2. The predicted molar refractivity (Wildman–Crippen MR) is 117 cm³/mol. The molecule has 1 unspecified atom stereocenters. The second-order valence-corrected chi connectivity index (χ2v) is 8.55. The number of hydrogen-bond acceptors (Lipinski definition) is 5. The Morgan fingerprint density at radius 2 is 1.70 bits per heavy atom. The number of anilines is 2. The van der Waals surface area contributed by atoms with Crippen LogP contribution in [0.4, 0.5) is 20.2 Å². The van der Waals surface area contributed by atoms with Crippen LogP contribution >= 0.6 is 0 Å². The SMILES string of the molecule is O=C(Nc1cc(F)c(N2CCCC2)c(F)c1)c1ccc2c(c1)C(=O)N(CC1CCCO1)C2=O. The van der Waals surface area contributed by atoms with E-state index in [0.29, 0.717) is 19.7 Å². The van der Waals surface area contributed by atoms with Gasteiger partial charge in [-0.15, -0.1) is 0 Å². The second kappa shape index (κ2) is 8.55. The number of ether oxygens (including phenoxy) is 1. The number of nitrogens with zero attached hydrogens (tertiary/aromatic N) is 2. The molecule has 0 aliphatic carbocycles. The molecule has 2 aromatic rings. The first kappa shape index (κ1) is 21.5. The van der Waals surface area contributed by atoms with E-state index in [4.69, 9.17) is 4.74 Å². The lowest BCUT2D eigenvalue weighted by Crippen LogP contribution is -2.36. The lowest BCUT2D eigenvalue weighted by Gasteiger charge is -2.19. The zero-order chi connectivity index (χ0) is 23.1. The molecule has 1 atom stereocenters. The summed E-state index contributed by atoms with van der Waals surface area (Å²) in [7, 11) is 0. The van der Waals surface area contributed by atoms with Gasteiger partial charge in [0.1, 0.15) is 5.69 Å². The average Bonchev–Trinajstić information content (AvgIpc) is 3.53. The summed E-state index contributed by atoms with van der Waals surface area (Å²) in [5.41, 5.74) is 0.353. The molecule has 5 rings (SSSR count). The van der Waals surface area contributed by atoms with Gasteiger partial charge >= 0.3 is 0 Å². The highest BCUT2D eigenvalue weighted by Crippen LogP contribution is 2.30. The molecule has 3 amide bonds. The lowest BCUT2D eigenvalue weighted by atomic mass is 10.1. The van der Waals surface area contributed by atoms with Crippen LogP contribution in [0.1, 0.15) is 56.8 Å². The van der Waals surface area contributed by atoms with Crippen molar-refractivity contribution in [2.45, 2.75) is 31.8 Å². The Labute approximate surface area is 189 Å². The predicted octanol–water partition coefficient (Wildman–Crippen LogP) is 3.59. The molecule has 2 saturated heterocycles. The van der Waals surface area contributed by atoms with E-state index < -0.39 is 29.4 Å². The van der Waals surface area contributed by atoms with Crippen LogP contribution in [0, 0.1) is 11.6 Å². The first-order valence-electron chi connectivity index (χ1n) is 11.1. The Bertz CT molecular complexity index is 1120. The molecule has 0 saturated carbocycles.